The minimum atomic E-state index is 0.164. The van der Waals surface area contributed by atoms with E-state index in [0.29, 0.717) is 6.61 Å². The molecule has 4 nitrogen and oxygen atoms in total. The van der Waals surface area contributed by atoms with Gasteiger partial charge in [0.25, 0.3) is 0 Å². The maximum absolute atomic E-state index is 12.4. The van der Waals surface area contributed by atoms with Crippen LogP contribution in [0.2, 0.25) is 0 Å². The molecule has 0 aromatic heterocycles. The summed E-state index contributed by atoms with van der Waals surface area (Å²) < 4.78 is 5.57. The Hall–Kier alpha value is -0.610. The Balaban J connectivity index is 4.04. The standard InChI is InChI=1S/C19H40N2O2/c1-5-8-10-12-14-21(15-13-11-9-6-2)19(22)18-23-17-16-20(4)7-3/h5-18H2,1-4H3. The number of likely N-dealkylation sites (N-methyl/N-ethyl adjacent to an activating group) is 1. The predicted molar refractivity (Wildman–Crippen MR) is 98.9 cm³/mol. The molecule has 0 rings (SSSR count). The SMILES string of the molecule is CCCCCCN(CCCCCC)C(=O)COCCN(C)CC. The van der Waals surface area contributed by atoms with Crippen molar-refractivity contribution >= 4 is 5.91 Å². The van der Waals surface area contributed by atoms with E-state index in [9.17, 15) is 4.79 Å². The fourth-order valence-corrected chi connectivity index (χ4v) is 2.45. The Labute approximate surface area is 144 Å². The molecule has 0 aliphatic heterocycles. The van der Waals surface area contributed by atoms with E-state index in [2.05, 4.69) is 32.7 Å². The number of rotatable bonds is 16. The molecule has 0 heterocycles. The van der Waals surface area contributed by atoms with E-state index < -0.39 is 0 Å². The van der Waals surface area contributed by atoms with Gasteiger partial charge >= 0.3 is 0 Å². The summed E-state index contributed by atoms with van der Waals surface area (Å²) in [5.74, 6) is 0.164. The van der Waals surface area contributed by atoms with Crippen LogP contribution in [0.25, 0.3) is 0 Å². The number of hydrogen-bond acceptors (Lipinski definition) is 3. The van der Waals surface area contributed by atoms with Crippen molar-refractivity contribution in [3.8, 4) is 0 Å². The van der Waals surface area contributed by atoms with Crippen LogP contribution in [-0.2, 0) is 9.53 Å². The summed E-state index contributed by atoms with van der Waals surface area (Å²) in [6, 6.07) is 0. The van der Waals surface area contributed by atoms with E-state index in [4.69, 9.17) is 4.74 Å². The topological polar surface area (TPSA) is 32.8 Å². The zero-order valence-electron chi connectivity index (χ0n) is 16.1. The molecule has 0 aliphatic rings. The number of amides is 1. The summed E-state index contributed by atoms with van der Waals surface area (Å²) in [7, 11) is 2.07. The second-order valence-corrected chi connectivity index (χ2v) is 6.45. The Bertz CT molecular complexity index is 260. The lowest BCUT2D eigenvalue weighted by molar-refractivity contribution is -0.136. The first-order chi connectivity index (χ1) is 11.2. The van der Waals surface area contributed by atoms with E-state index in [1.54, 1.807) is 0 Å². The number of hydrogen-bond donors (Lipinski definition) is 0. The van der Waals surface area contributed by atoms with Crippen molar-refractivity contribution in [2.75, 3.05) is 46.4 Å². The Kier molecular flexibility index (Phi) is 15.8. The second-order valence-electron chi connectivity index (χ2n) is 6.45. The fraction of sp³-hybridized carbons (Fsp3) is 0.947. The van der Waals surface area contributed by atoms with Crippen molar-refractivity contribution < 1.29 is 9.53 Å². The second kappa shape index (κ2) is 16.3. The summed E-state index contributed by atoms with van der Waals surface area (Å²) >= 11 is 0. The predicted octanol–water partition coefficient (Wildman–Crippen LogP) is 3.94. The number of carbonyl (C=O) groups is 1. The van der Waals surface area contributed by atoms with Gasteiger partial charge in [0.1, 0.15) is 6.61 Å². The highest BCUT2D eigenvalue weighted by molar-refractivity contribution is 5.77. The third-order valence-corrected chi connectivity index (χ3v) is 4.30. The van der Waals surface area contributed by atoms with Crippen LogP contribution in [-0.4, -0.2) is 62.1 Å². The highest BCUT2D eigenvalue weighted by Gasteiger charge is 2.13. The fourth-order valence-electron chi connectivity index (χ4n) is 2.45. The molecule has 0 bridgehead atoms. The average Bonchev–Trinajstić information content (AvgIpc) is 2.56. The van der Waals surface area contributed by atoms with Gasteiger partial charge in [0.05, 0.1) is 6.61 Å². The third kappa shape index (κ3) is 13.5. The lowest BCUT2D eigenvalue weighted by Crippen LogP contribution is -2.36. The van der Waals surface area contributed by atoms with Crippen molar-refractivity contribution in [1.82, 2.24) is 9.80 Å². The van der Waals surface area contributed by atoms with Crippen LogP contribution in [0.1, 0.15) is 72.1 Å². The Morgan fingerprint density at radius 1 is 0.826 bits per heavy atom. The molecule has 0 radical (unpaired) electrons. The molecular weight excluding hydrogens is 288 g/mol. The van der Waals surface area contributed by atoms with Gasteiger partial charge in [-0.15, -0.1) is 0 Å². The molecule has 0 saturated heterocycles. The monoisotopic (exact) mass is 328 g/mol. The minimum Gasteiger partial charge on any atom is -0.370 e. The van der Waals surface area contributed by atoms with Crippen molar-refractivity contribution in [3.63, 3.8) is 0 Å². The van der Waals surface area contributed by atoms with Crippen LogP contribution in [0.4, 0.5) is 0 Å². The highest BCUT2D eigenvalue weighted by Crippen LogP contribution is 2.06. The van der Waals surface area contributed by atoms with Crippen LogP contribution in [0.3, 0.4) is 0 Å². The lowest BCUT2D eigenvalue weighted by atomic mass is 10.1. The number of unbranched alkanes of at least 4 members (excludes halogenated alkanes) is 6. The quantitative estimate of drug-likeness (QED) is 0.402. The molecule has 0 aliphatic carbocycles. The summed E-state index contributed by atoms with van der Waals surface area (Å²) in [4.78, 5) is 16.6. The molecule has 0 N–H and O–H groups in total. The van der Waals surface area contributed by atoms with Crippen LogP contribution in [0.15, 0.2) is 0 Å². The first kappa shape index (κ1) is 22.4. The van der Waals surface area contributed by atoms with Gasteiger partial charge in [-0.3, -0.25) is 4.79 Å². The molecule has 0 saturated carbocycles. The van der Waals surface area contributed by atoms with E-state index in [-0.39, 0.29) is 12.5 Å². The molecule has 0 fully saturated rings. The maximum Gasteiger partial charge on any atom is 0.248 e. The van der Waals surface area contributed by atoms with Gasteiger partial charge in [-0.1, -0.05) is 59.3 Å². The van der Waals surface area contributed by atoms with Crippen LogP contribution in [0.5, 0.6) is 0 Å². The van der Waals surface area contributed by atoms with Gasteiger partial charge in [0, 0.05) is 19.6 Å². The summed E-state index contributed by atoms with van der Waals surface area (Å²) in [5.41, 5.74) is 0. The molecule has 1 amide bonds. The van der Waals surface area contributed by atoms with Crippen LogP contribution >= 0.6 is 0 Å². The minimum absolute atomic E-state index is 0.164. The molecule has 0 atom stereocenters. The van der Waals surface area contributed by atoms with Gasteiger partial charge in [-0.05, 0) is 26.4 Å². The zero-order valence-corrected chi connectivity index (χ0v) is 16.1. The number of nitrogens with zero attached hydrogens (tertiary/aromatic N) is 2. The Morgan fingerprint density at radius 2 is 1.39 bits per heavy atom. The molecule has 23 heavy (non-hydrogen) atoms. The molecule has 138 valence electrons. The molecule has 4 heteroatoms. The van der Waals surface area contributed by atoms with Crippen molar-refractivity contribution in [3.05, 3.63) is 0 Å². The third-order valence-electron chi connectivity index (χ3n) is 4.30. The van der Waals surface area contributed by atoms with E-state index in [1.165, 1.54) is 38.5 Å². The van der Waals surface area contributed by atoms with E-state index >= 15 is 0 Å². The van der Waals surface area contributed by atoms with Crippen molar-refractivity contribution in [1.29, 1.82) is 0 Å². The first-order valence-electron chi connectivity index (χ1n) is 9.69. The molecule has 0 aromatic rings. The van der Waals surface area contributed by atoms with Crippen molar-refractivity contribution in [2.45, 2.75) is 72.1 Å². The van der Waals surface area contributed by atoms with Gasteiger partial charge in [-0.2, -0.15) is 0 Å². The van der Waals surface area contributed by atoms with Crippen LogP contribution < -0.4 is 0 Å². The lowest BCUT2D eigenvalue weighted by Gasteiger charge is -2.23. The number of carbonyl (C=O) groups excluding carboxylic acids is 1. The molecule has 0 aromatic carbocycles. The number of ether oxygens (including phenoxy) is 1. The Morgan fingerprint density at radius 3 is 1.87 bits per heavy atom. The summed E-state index contributed by atoms with van der Waals surface area (Å²) in [5, 5.41) is 0. The van der Waals surface area contributed by atoms with Crippen molar-refractivity contribution in [2.24, 2.45) is 0 Å². The van der Waals surface area contributed by atoms with Crippen LogP contribution in [0, 0.1) is 0 Å². The smallest absolute Gasteiger partial charge is 0.248 e. The maximum atomic E-state index is 12.4. The van der Waals surface area contributed by atoms with Gasteiger partial charge < -0.3 is 14.5 Å². The van der Waals surface area contributed by atoms with Gasteiger partial charge in [0.2, 0.25) is 5.91 Å². The van der Waals surface area contributed by atoms with E-state index in [0.717, 1.165) is 39.0 Å². The highest BCUT2D eigenvalue weighted by atomic mass is 16.5. The molecular formula is C19H40N2O2. The molecule has 0 spiro atoms. The van der Waals surface area contributed by atoms with Gasteiger partial charge in [-0.25, -0.2) is 0 Å². The average molecular weight is 329 g/mol. The normalized spacial score (nSPS) is 11.2. The summed E-state index contributed by atoms with van der Waals surface area (Å²) in [6.45, 7) is 11.1. The zero-order chi connectivity index (χ0) is 17.3. The first-order valence-corrected chi connectivity index (χ1v) is 9.69. The largest absolute Gasteiger partial charge is 0.370 e. The van der Waals surface area contributed by atoms with E-state index in [1.807, 2.05) is 4.90 Å². The molecule has 0 unspecified atom stereocenters. The van der Waals surface area contributed by atoms with Gasteiger partial charge in [0.15, 0.2) is 0 Å². The summed E-state index contributed by atoms with van der Waals surface area (Å²) in [6.07, 6.45) is 9.67.